The highest BCUT2D eigenvalue weighted by Gasteiger charge is 2.30. The molecule has 32 heavy (non-hydrogen) atoms. The first-order valence-electron chi connectivity index (χ1n) is 9.45. The van der Waals surface area contributed by atoms with Gasteiger partial charge in [-0.2, -0.15) is 0 Å². The van der Waals surface area contributed by atoms with Gasteiger partial charge in [-0.15, -0.1) is 0 Å². The second-order valence-electron chi connectivity index (χ2n) is 6.78. The van der Waals surface area contributed by atoms with Crippen molar-refractivity contribution in [3.05, 3.63) is 18.2 Å². The molecule has 178 valence electrons. The minimum atomic E-state index is -1.56. The monoisotopic (exact) mass is 457 g/mol. The molecule has 0 saturated heterocycles. The number of rotatable bonds is 14. The molecule has 4 amide bonds. The number of carbonyl (C=O) groups excluding carboxylic acids is 4. The number of nitrogens with zero attached hydrogens (tertiary/aromatic N) is 1. The summed E-state index contributed by atoms with van der Waals surface area (Å²) in [6.45, 7) is -1.59. The van der Waals surface area contributed by atoms with Gasteiger partial charge < -0.3 is 47.7 Å². The molecule has 0 radical (unpaired) electrons. The van der Waals surface area contributed by atoms with E-state index >= 15 is 0 Å². The Morgan fingerprint density at radius 1 is 0.969 bits per heavy atom. The number of carboxylic acid groups (broad SMARTS) is 1. The van der Waals surface area contributed by atoms with Crippen LogP contribution in [0.2, 0.25) is 0 Å². The van der Waals surface area contributed by atoms with E-state index in [1.807, 2.05) is 0 Å². The second-order valence-corrected chi connectivity index (χ2v) is 6.78. The van der Waals surface area contributed by atoms with Gasteiger partial charge in [-0.1, -0.05) is 0 Å². The van der Waals surface area contributed by atoms with Gasteiger partial charge in [0.05, 0.1) is 19.5 Å². The number of hydrogen-bond donors (Lipinski definition) is 9. The standard InChI is InChI=1S/C17H27N7O8/c18-9(5-25)14(28)22-10(1-2-13(19)27)15(29)24-12(6-26)16(30)23-11(17(31)32)3-8-4-20-7-21-8/h4,7,9-12,25-26H,1-3,5-6,18H2,(H2,19,27)(H,20,21)(H,22,28)(H,23,30)(H,24,29)(H,31,32). The molecule has 1 heterocycles. The molecule has 0 saturated carbocycles. The summed E-state index contributed by atoms with van der Waals surface area (Å²) in [6, 6.07) is -5.66. The smallest absolute Gasteiger partial charge is 0.326 e. The molecule has 0 aliphatic rings. The third-order valence-electron chi connectivity index (χ3n) is 4.25. The molecule has 4 atom stereocenters. The first-order chi connectivity index (χ1) is 15.1. The predicted molar refractivity (Wildman–Crippen MR) is 106 cm³/mol. The van der Waals surface area contributed by atoms with Crippen molar-refractivity contribution < 1.29 is 39.3 Å². The van der Waals surface area contributed by atoms with Gasteiger partial charge in [0.2, 0.25) is 23.6 Å². The van der Waals surface area contributed by atoms with Crippen LogP contribution in [0.3, 0.4) is 0 Å². The molecule has 15 heteroatoms. The lowest BCUT2D eigenvalue weighted by atomic mass is 10.1. The van der Waals surface area contributed by atoms with E-state index in [1.165, 1.54) is 12.5 Å². The van der Waals surface area contributed by atoms with Crippen LogP contribution in [-0.4, -0.2) is 92.3 Å². The van der Waals surface area contributed by atoms with Crippen LogP contribution in [0, 0.1) is 0 Å². The average molecular weight is 457 g/mol. The molecule has 0 aromatic carbocycles. The highest BCUT2D eigenvalue weighted by molar-refractivity contribution is 5.94. The largest absolute Gasteiger partial charge is 0.480 e. The van der Waals surface area contributed by atoms with Crippen LogP contribution in [0.15, 0.2) is 12.5 Å². The maximum Gasteiger partial charge on any atom is 0.326 e. The summed E-state index contributed by atoms with van der Waals surface area (Å²) in [5.74, 6) is -4.98. The third kappa shape index (κ3) is 8.66. The minimum absolute atomic E-state index is 0.135. The van der Waals surface area contributed by atoms with Crippen LogP contribution in [0.1, 0.15) is 18.5 Å². The van der Waals surface area contributed by atoms with Gasteiger partial charge >= 0.3 is 5.97 Å². The molecule has 1 aromatic heterocycles. The van der Waals surface area contributed by atoms with E-state index in [-0.39, 0.29) is 19.3 Å². The van der Waals surface area contributed by atoms with Gasteiger partial charge in [0.15, 0.2) is 0 Å². The highest BCUT2D eigenvalue weighted by atomic mass is 16.4. The lowest BCUT2D eigenvalue weighted by Gasteiger charge is -2.24. The van der Waals surface area contributed by atoms with Gasteiger partial charge in [0, 0.05) is 24.7 Å². The van der Waals surface area contributed by atoms with Crippen molar-refractivity contribution in [2.75, 3.05) is 13.2 Å². The van der Waals surface area contributed by atoms with Gasteiger partial charge in [0.25, 0.3) is 0 Å². The molecule has 0 aliphatic heterocycles. The number of carboxylic acids is 1. The van der Waals surface area contributed by atoms with Gasteiger partial charge in [-0.3, -0.25) is 19.2 Å². The molecular weight excluding hydrogens is 430 g/mol. The van der Waals surface area contributed by atoms with Gasteiger partial charge in [-0.25, -0.2) is 9.78 Å². The Labute approximate surface area is 181 Å². The summed E-state index contributed by atoms with van der Waals surface area (Å²) >= 11 is 0. The molecule has 11 N–H and O–H groups in total. The van der Waals surface area contributed by atoms with E-state index in [9.17, 15) is 34.2 Å². The van der Waals surface area contributed by atoms with Crippen LogP contribution in [0.5, 0.6) is 0 Å². The number of aliphatic hydroxyl groups is 2. The number of carbonyl (C=O) groups is 5. The molecule has 1 rings (SSSR count). The Balaban J connectivity index is 2.84. The number of aromatic nitrogens is 2. The molecule has 15 nitrogen and oxygen atoms in total. The zero-order valence-corrected chi connectivity index (χ0v) is 17.0. The second kappa shape index (κ2) is 13.0. The Hall–Kier alpha value is -3.56. The first-order valence-corrected chi connectivity index (χ1v) is 9.45. The zero-order chi connectivity index (χ0) is 24.3. The third-order valence-corrected chi connectivity index (χ3v) is 4.25. The minimum Gasteiger partial charge on any atom is -0.480 e. The lowest BCUT2D eigenvalue weighted by Crippen LogP contribution is -2.58. The zero-order valence-electron chi connectivity index (χ0n) is 17.0. The number of aromatic amines is 1. The van der Waals surface area contributed by atoms with Crippen LogP contribution in [0.4, 0.5) is 0 Å². The van der Waals surface area contributed by atoms with Crippen LogP contribution < -0.4 is 27.4 Å². The van der Waals surface area contributed by atoms with E-state index in [0.29, 0.717) is 5.69 Å². The Kier molecular flexibility index (Phi) is 10.7. The fraction of sp³-hybridized carbons (Fsp3) is 0.529. The first kappa shape index (κ1) is 26.5. The SMILES string of the molecule is NC(=O)CCC(NC(=O)C(N)CO)C(=O)NC(CO)C(=O)NC(Cc1cnc[nH]1)C(=O)O. The summed E-state index contributed by atoms with van der Waals surface area (Å²) in [7, 11) is 0. The number of nitrogens with one attached hydrogen (secondary N) is 4. The van der Waals surface area contributed by atoms with Crippen molar-refractivity contribution in [2.45, 2.75) is 43.4 Å². The van der Waals surface area contributed by atoms with Gasteiger partial charge in [0.1, 0.15) is 24.2 Å². The highest BCUT2D eigenvalue weighted by Crippen LogP contribution is 2.02. The topological polar surface area (TPSA) is 263 Å². The maximum atomic E-state index is 12.5. The van der Waals surface area contributed by atoms with Crippen LogP contribution >= 0.6 is 0 Å². The van der Waals surface area contributed by atoms with Crippen molar-refractivity contribution in [3.8, 4) is 0 Å². The summed E-state index contributed by atoms with van der Waals surface area (Å²) in [5.41, 5.74) is 10.9. The Morgan fingerprint density at radius 3 is 2.06 bits per heavy atom. The molecule has 0 aliphatic carbocycles. The summed E-state index contributed by atoms with van der Waals surface area (Å²) in [4.78, 5) is 65.8. The van der Waals surface area contributed by atoms with Crippen LogP contribution in [0.25, 0.3) is 0 Å². The van der Waals surface area contributed by atoms with Gasteiger partial charge in [-0.05, 0) is 6.42 Å². The fourth-order valence-corrected chi connectivity index (χ4v) is 2.47. The number of H-pyrrole nitrogens is 1. The van der Waals surface area contributed by atoms with Crippen LogP contribution in [-0.2, 0) is 30.4 Å². The van der Waals surface area contributed by atoms with E-state index < -0.39 is 67.0 Å². The van der Waals surface area contributed by atoms with Crippen molar-refractivity contribution >= 4 is 29.6 Å². The predicted octanol–water partition coefficient (Wildman–Crippen LogP) is -4.93. The number of aliphatic carboxylic acids is 1. The van der Waals surface area contributed by atoms with Crippen molar-refractivity contribution in [3.63, 3.8) is 0 Å². The Morgan fingerprint density at radius 2 is 1.56 bits per heavy atom. The molecule has 0 spiro atoms. The van der Waals surface area contributed by atoms with Crippen molar-refractivity contribution in [1.82, 2.24) is 25.9 Å². The Bertz CT molecular complexity index is 801. The quantitative estimate of drug-likeness (QED) is 0.128. The van der Waals surface area contributed by atoms with Crippen molar-refractivity contribution in [2.24, 2.45) is 11.5 Å². The van der Waals surface area contributed by atoms with Crippen molar-refractivity contribution in [1.29, 1.82) is 0 Å². The number of amides is 4. The maximum absolute atomic E-state index is 12.5. The van der Waals surface area contributed by atoms with E-state index in [2.05, 4.69) is 25.9 Å². The fourth-order valence-electron chi connectivity index (χ4n) is 2.47. The normalized spacial score (nSPS) is 14.5. The van der Waals surface area contributed by atoms with E-state index in [0.717, 1.165) is 0 Å². The van der Waals surface area contributed by atoms with E-state index in [4.69, 9.17) is 16.6 Å². The number of imidazole rings is 1. The molecule has 0 fully saturated rings. The molecular formula is C17H27N7O8. The van der Waals surface area contributed by atoms with E-state index in [1.54, 1.807) is 0 Å². The number of primary amides is 1. The summed E-state index contributed by atoms with van der Waals surface area (Å²) in [5, 5.41) is 34.4. The lowest BCUT2D eigenvalue weighted by molar-refractivity contribution is -0.142. The number of nitrogens with two attached hydrogens (primary N) is 2. The molecule has 1 aromatic rings. The summed E-state index contributed by atoms with van der Waals surface area (Å²) < 4.78 is 0. The number of hydrogen-bond acceptors (Lipinski definition) is 9. The molecule has 0 bridgehead atoms. The average Bonchev–Trinajstić information content (AvgIpc) is 3.26. The number of aliphatic hydroxyl groups excluding tert-OH is 2. The summed E-state index contributed by atoms with van der Waals surface area (Å²) in [6.07, 6.45) is 2.02. The molecule has 4 unspecified atom stereocenters.